The number of amides is 1. The number of rotatable bonds is 5. The summed E-state index contributed by atoms with van der Waals surface area (Å²) in [6.45, 7) is 0.674. The smallest absolute Gasteiger partial charge is 0.352 e. The van der Waals surface area contributed by atoms with Gasteiger partial charge in [0.15, 0.2) is 11.5 Å². The second kappa shape index (κ2) is 9.15. The van der Waals surface area contributed by atoms with Gasteiger partial charge in [-0.1, -0.05) is 6.92 Å². The maximum atomic E-state index is 14.5. The number of hydrogen-bond acceptors (Lipinski definition) is 7. The summed E-state index contributed by atoms with van der Waals surface area (Å²) in [5, 5.41) is 6.93. The van der Waals surface area contributed by atoms with Crippen molar-refractivity contribution in [3.05, 3.63) is 48.3 Å². The number of hydrogen-bond donors (Lipinski definition) is 1. The monoisotopic (exact) mass is 496 g/mol. The Morgan fingerprint density at radius 1 is 1.17 bits per heavy atom. The highest BCUT2D eigenvalue weighted by Gasteiger charge is 2.47. The summed E-state index contributed by atoms with van der Waals surface area (Å²) >= 11 is 0. The Labute approximate surface area is 196 Å². The van der Waals surface area contributed by atoms with Crippen LogP contribution in [0.25, 0.3) is 11.4 Å². The van der Waals surface area contributed by atoms with Gasteiger partial charge in [-0.2, -0.15) is 18.3 Å². The van der Waals surface area contributed by atoms with Gasteiger partial charge < -0.3 is 10.2 Å². The van der Waals surface area contributed by atoms with Crippen LogP contribution in [-0.4, -0.2) is 65.6 Å². The van der Waals surface area contributed by atoms with Gasteiger partial charge in [0.1, 0.15) is 0 Å². The van der Waals surface area contributed by atoms with E-state index in [2.05, 4.69) is 30.4 Å². The number of nitrogens with one attached hydrogen (secondary N) is 1. The highest BCUT2D eigenvalue weighted by molar-refractivity contribution is 5.98. The van der Waals surface area contributed by atoms with Crippen LogP contribution < -0.4 is 5.32 Å². The molecule has 0 aromatic carbocycles. The Morgan fingerprint density at radius 2 is 1.83 bits per heavy atom. The van der Waals surface area contributed by atoms with Crippen molar-refractivity contribution in [2.45, 2.75) is 31.5 Å². The van der Waals surface area contributed by atoms with Crippen molar-refractivity contribution >= 4 is 11.9 Å². The number of carbonyl (C=O) groups is 1. The fraction of sp³-hybridized carbons (Fsp3) is 0.429. The number of nitrogens with zero attached hydrogens (tertiary/aromatic N) is 7. The quantitative estimate of drug-likeness (QED) is 0.541. The zero-order valence-electron chi connectivity index (χ0n) is 18.7. The summed E-state index contributed by atoms with van der Waals surface area (Å²) in [6, 6.07) is 0.860. The molecule has 1 saturated heterocycles. The molecular formula is C21H21F5N8O. The van der Waals surface area contributed by atoms with Gasteiger partial charge in [-0.15, -0.1) is 0 Å². The molecule has 14 heteroatoms. The predicted octanol–water partition coefficient (Wildman–Crippen LogP) is 3.28. The average molecular weight is 496 g/mol. The van der Waals surface area contributed by atoms with E-state index in [-0.39, 0.29) is 29.6 Å². The Balaban J connectivity index is 1.60. The first kappa shape index (κ1) is 24.4. The maximum absolute atomic E-state index is 14.5. The Morgan fingerprint density at radius 3 is 2.46 bits per heavy atom. The molecule has 3 aromatic rings. The van der Waals surface area contributed by atoms with E-state index < -0.39 is 48.5 Å². The van der Waals surface area contributed by atoms with Gasteiger partial charge in [-0.3, -0.25) is 9.48 Å². The number of aryl methyl sites for hydroxylation is 1. The van der Waals surface area contributed by atoms with E-state index in [1.54, 1.807) is 20.0 Å². The molecule has 186 valence electrons. The summed E-state index contributed by atoms with van der Waals surface area (Å²) in [5.74, 6) is -4.42. The Kier molecular flexibility index (Phi) is 6.38. The predicted molar refractivity (Wildman–Crippen MR) is 113 cm³/mol. The highest BCUT2D eigenvalue weighted by atomic mass is 19.4. The van der Waals surface area contributed by atoms with Crippen LogP contribution in [0.4, 0.5) is 27.9 Å². The van der Waals surface area contributed by atoms with Crippen molar-refractivity contribution < 1.29 is 26.7 Å². The van der Waals surface area contributed by atoms with Crippen molar-refractivity contribution in [2.75, 3.05) is 18.4 Å². The largest absolute Gasteiger partial charge is 0.419 e. The Bertz CT molecular complexity index is 1180. The van der Waals surface area contributed by atoms with E-state index in [1.807, 2.05) is 0 Å². The molecule has 35 heavy (non-hydrogen) atoms. The minimum absolute atomic E-state index is 0.0572. The third-order valence-electron chi connectivity index (χ3n) is 5.63. The molecular weight excluding hydrogens is 475 g/mol. The van der Waals surface area contributed by atoms with Crippen LogP contribution in [0, 0.1) is 5.92 Å². The normalized spacial score (nSPS) is 20.0. The lowest BCUT2D eigenvalue weighted by Crippen LogP contribution is -2.57. The average Bonchev–Trinajstić information content (AvgIpc) is 3.19. The SMILES string of the molecule is C[C@@H]1CC(F)(F)CN(C(=O)c2nn(C)cc2-c2ncccn2)C1CNc1ncc(C(F)(F)F)cn1. The first-order valence-electron chi connectivity index (χ1n) is 10.6. The van der Waals surface area contributed by atoms with E-state index in [0.29, 0.717) is 12.4 Å². The summed E-state index contributed by atoms with van der Waals surface area (Å²) < 4.78 is 68.6. The fourth-order valence-corrected chi connectivity index (χ4v) is 4.02. The van der Waals surface area contributed by atoms with Gasteiger partial charge >= 0.3 is 6.18 Å². The van der Waals surface area contributed by atoms with Crippen molar-refractivity contribution in [3.8, 4) is 11.4 Å². The first-order valence-corrected chi connectivity index (χ1v) is 10.6. The van der Waals surface area contributed by atoms with E-state index >= 15 is 0 Å². The molecule has 0 bridgehead atoms. The number of piperidine rings is 1. The topological polar surface area (TPSA) is 102 Å². The third kappa shape index (κ3) is 5.35. The van der Waals surface area contributed by atoms with E-state index in [4.69, 9.17) is 0 Å². The molecule has 4 rings (SSSR count). The molecule has 0 spiro atoms. The lowest BCUT2D eigenvalue weighted by Gasteiger charge is -2.43. The zero-order chi connectivity index (χ0) is 25.4. The van der Waals surface area contributed by atoms with Gasteiger partial charge in [-0.05, 0) is 12.0 Å². The van der Waals surface area contributed by atoms with Crippen LogP contribution in [-0.2, 0) is 13.2 Å². The lowest BCUT2D eigenvalue weighted by atomic mass is 9.88. The van der Waals surface area contributed by atoms with Gasteiger partial charge in [0, 0.05) is 51.0 Å². The van der Waals surface area contributed by atoms with E-state index in [1.165, 1.54) is 23.3 Å². The number of carbonyl (C=O) groups excluding carboxylic acids is 1. The van der Waals surface area contributed by atoms with Crippen LogP contribution in [0.5, 0.6) is 0 Å². The zero-order valence-corrected chi connectivity index (χ0v) is 18.7. The van der Waals surface area contributed by atoms with Crippen molar-refractivity contribution in [1.82, 2.24) is 34.6 Å². The first-order chi connectivity index (χ1) is 16.4. The van der Waals surface area contributed by atoms with Crippen LogP contribution >= 0.6 is 0 Å². The molecule has 1 aliphatic heterocycles. The maximum Gasteiger partial charge on any atom is 0.419 e. The van der Waals surface area contributed by atoms with E-state index in [0.717, 1.165) is 4.90 Å². The molecule has 0 aliphatic carbocycles. The molecule has 1 aliphatic rings. The van der Waals surface area contributed by atoms with Crippen molar-refractivity contribution in [1.29, 1.82) is 0 Å². The van der Waals surface area contributed by atoms with Gasteiger partial charge in [0.25, 0.3) is 11.8 Å². The molecule has 1 amide bonds. The van der Waals surface area contributed by atoms with Gasteiger partial charge in [-0.25, -0.2) is 28.7 Å². The third-order valence-corrected chi connectivity index (χ3v) is 5.63. The summed E-state index contributed by atoms with van der Waals surface area (Å²) in [5.41, 5.74) is -0.812. The van der Waals surface area contributed by atoms with Gasteiger partial charge in [0.2, 0.25) is 5.95 Å². The van der Waals surface area contributed by atoms with Crippen LogP contribution in [0.15, 0.2) is 37.1 Å². The van der Waals surface area contributed by atoms with Crippen LogP contribution in [0.1, 0.15) is 29.4 Å². The minimum atomic E-state index is -4.59. The molecule has 1 fully saturated rings. The second-order valence-electron chi connectivity index (χ2n) is 8.35. The number of alkyl halides is 5. The molecule has 3 aromatic heterocycles. The lowest BCUT2D eigenvalue weighted by molar-refractivity contribution is -0.138. The van der Waals surface area contributed by atoms with Crippen LogP contribution in [0.2, 0.25) is 0 Å². The summed E-state index contributed by atoms with van der Waals surface area (Å²) in [6.07, 6.45) is 0.682. The Hall–Kier alpha value is -3.71. The summed E-state index contributed by atoms with van der Waals surface area (Å²) in [4.78, 5) is 30.0. The minimum Gasteiger partial charge on any atom is -0.352 e. The van der Waals surface area contributed by atoms with Gasteiger partial charge in [0.05, 0.1) is 23.7 Å². The van der Waals surface area contributed by atoms with Crippen molar-refractivity contribution in [2.24, 2.45) is 13.0 Å². The molecule has 2 atom stereocenters. The molecule has 1 N–H and O–H groups in total. The second-order valence-corrected chi connectivity index (χ2v) is 8.35. The standard InChI is InChI=1S/C21H21F5N8O/c1-12-6-20(22,23)11-34(15(12)9-31-19-29-7-13(8-30-19)21(24,25)26)18(35)16-14(10-33(2)32-16)17-27-4-3-5-28-17/h3-5,7-8,10,12,15H,6,9,11H2,1-2H3,(H,29,30,31)/t12-,15?/m1/s1. The van der Waals surface area contributed by atoms with Crippen LogP contribution in [0.3, 0.4) is 0 Å². The molecule has 4 heterocycles. The molecule has 1 unspecified atom stereocenters. The molecule has 0 saturated carbocycles. The molecule has 0 radical (unpaired) electrons. The van der Waals surface area contributed by atoms with E-state index in [9.17, 15) is 26.7 Å². The fourth-order valence-electron chi connectivity index (χ4n) is 4.02. The number of halogens is 5. The number of aromatic nitrogens is 6. The highest BCUT2D eigenvalue weighted by Crippen LogP contribution is 2.36. The van der Waals surface area contributed by atoms with Crippen molar-refractivity contribution in [3.63, 3.8) is 0 Å². The number of likely N-dealkylation sites (tertiary alicyclic amines) is 1. The number of anilines is 1. The molecule has 9 nitrogen and oxygen atoms in total. The summed E-state index contributed by atoms with van der Waals surface area (Å²) in [7, 11) is 1.58.